The van der Waals surface area contributed by atoms with Crippen LogP contribution in [0.2, 0.25) is 0 Å². The quantitative estimate of drug-likeness (QED) is 0.628. The molecule has 0 radical (unpaired) electrons. The highest BCUT2D eigenvalue weighted by Gasteiger charge is 2.55. The maximum absolute atomic E-state index is 12.5. The number of likely N-dealkylation sites (tertiary alicyclic amines) is 1. The first-order valence-electron chi connectivity index (χ1n) is 7.19. The minimum Gasteiger partial charge on any atom is -0.497 e. The lowest BCUT2D eigenvalue weighted by Gasteiger charge is -2.25. The molecule has 1 saturated carbocycles. The van der Waals surface area contributed by atoms with Crippen LogP contribution in [0.15, 0.2) is 24.3 Å². The Hall–Kier alpha value is -2.11. The average Bonchev–Trinajstić information content (AvgIpc) is 3.16. The van der Waals surface area contributed by atoms with E-state index >= 15 is 0 Å². The average molecular weight is 290 g/mol. The third kappa shape index (κ3) is 2.57. The summed E-state index contributed by atoms with van der Waals surface area (Å²) in [5.74, 6) is 0.273. The summed E-state index contributed by atoms with van der Waals surface area (Å²) in [4.78, 5) is 24.7. The Kier molecular flexibility index (Phi) is 3.53. The molecule has 2 aliphatic rings. The molecule has 3 atom stereocenters. The van der Waals surface area contributed by atoms with Crippen LogP contribution in [0.3, 0.4) is 0 Å². The summed E-state index contributed by atoms with van der Waals surface area (Å²) < 4.78 is 5.23. The summed E-state index contributed by atoms with van der Waals surface area (Å²) in [5.41, 5.74) is 1.04. The van der Waals surface area contributed by atoms with Crippen LogP contribution in [0.4, 0.5) is 0 Å². The number of amides is 1. The van der Waals surface area contributed by atoms with Gasteiger partial charge in [-0.1, -0.05) is 12.1 Å². The van der Waals surface area contributed by atoms with Crippen LogP contribution in [-0.4, -0.2) is 35.4 Å². The van der Waals surface area contributed by atoms with Gasteiger partial charge in [0.05, 0.1) is 13.2 Å². The van der Waals surface area contributed by atoms with Crippen molar-refractivity contribution in [1.29, 1.82) is 0 Å². The van der Waals surface area contributed by atoms with E-state index in [0.29, 0.717) is 13.0 Å². The fraction of sp³-hybridized carbons (Fsp3) is 0.533. The molecule has 21 heavy (non-hydrogen) atoms. The molecule has 1 aliphatic heterocycles. The highest BCUT2D eigenvalue weighted by molar-refractivity contribution is 5.82. The van der Waals surface area contributed by atoms with Crippen molar-refractivity contribution in [3.8, 4) is 5.75 Å². The maximum Gasteiger partial charge on any atom is 0.233 e. The van der Waals surface area contributed by atoms with Gasteiger partial charge in [0.1, 0.15) is 11.7 Å². The van der Waals surface area contributed by atoms with E-state index in [0.717, 1.165) is 24.2 Å². The molecule has 1 saturated heterocycles. The van der Waals surface area contributed by atoms with Crippen molar-refractivity contribution in [2.45, 2.75) is 31.3 Å². The van der Waals surface area contributed by atoms with Crippen molar-refractivity contribution in [2.75, 3.05) is 13.7 Å². The Morgan fingerprint density at radius 1 is 1.48 bits per heavy atom. The molecule has 6 heteroatoms. The van der Waals surface area contributed by atoms with Gasteiger partial charge in [-0.15, -0.1) is 0 Å². The third-order valence-electron chi connectivity index (χ3n) is 4.36. The van der Waals surface area contributed by atoms with E-state index in [1.54, 1.807) is 7.11 Å². The molecule has 6 nitrogen and oxygen atoms in total. The summed E-state index contributed by atoms with van der Waals surface area (Å²) in [7, 11) is 1.61. The minimum absolute atomic E-state index is 0.0144. The molecule has 3 rings (SSSR count). The predicted molar refractivity (Wildman–Crippen MR) is 75.6 cm³/mol. The highest BCUT2D eigenvalue weighted by Crippen LogP contribution is 2.40. The summed E-state index contributed by atoms with van der Waals surface area (Å²) >= 11 is 0. The maximum atomic E-state index is 12.5. The van der Waals surface area contributed by atoms with Crippen molar-refractivity contribution in [3.05, 3.63) is 39.9 Å². The van der Waals surface area contributed by atoms with Crippen molar-refractivity contribution >= 4 is 5.91 Å². The molecule has 1 heterocycles. The SMILES string of the molecule is COc1cccc(C2CCCN2C(=O)C2CC2[N+](=O)[O-])c1. The first-order chi connectivity index (χ1) is 10.1. The van der Waals surface area contributed by atoms with Crippen LogP contribution < -0.4 is 4.74 Å². The zero-order valence-corrected chi connectivity index (χ0v) is 11.9. The summed E-state index contributed by atoms with van der Waals surface area (Å²) in [6, 6.07) is 7.04. The van der Waals surface area contributed by atoms with E-state index in [1.807, 2.05) is 29.2 Å². The number of hydrogen-bond donors (Lipinski definition) is 0. The van der Waals surface area contributed by atoms with Gasteiger partial charge in [-0.25, -0.2) is 0 Å². The zero-order chi connectivity index (χ0) is 15.0. The molecular formula is C15H18N2O4. The number of nitro groups is 1. The number of hydrogen-bond acceptors (Lipinski definition) is 4. The molecular weight excluding hydrogens is 272 g/mol. The second-order valence-electron chi connectivity index (χ2n) is 5.66. The van der Waals surface area contributed by atoms with Crippen molar-refractivity contribution in [1.82, 2.24) is 4.90 Å². The number of methoxy groups -OCH3 is 1. The molecule has 1 aromatic carbocycles. The molecule has 0 N–H and O–H groups in total. The van der Waals surface area contributed by atoms with Crippen molar-refractivity contribution in [3.63, 3.8) is 0 Å². The first kappa shape index (κ1) is 13.9. The number of rotatable bonds is 4. The van der Waals surface area contributed by atoms with Crippen LogP contribution in [0.1, 0.15) is 30.9 Å². The predicted octanol–water partition coefficient (Wildman–Crippen LogP) is 2.02. The Morgan fingerprint density at radius 3 is 2.95 bits per heavy atom. The van der Waals surface area contributed by atoms with E-state index in [-0.39, 0.29) is 16.9 Å². The van der Waals surface area contributed by atoms with Gasteiger partial charge in [-0.05, 0) is 30.5 Å². The van der Waals surface area contributed by atoms with Gasteiger partial charge in [-0.2, -0.15) is 0 Å². The zero-order valence-electron chi connectivity index (χ0n) is 11.9. The Morgan fingerprint density at radius 2 is 2.29 bits per heavy atom. The van der Waals surface area contributed by atoms with Crippen LogP contribution in [0, 0.1) is 16.0 Å². The standard InChI is InChI=1S/C15H18N2O4/c1-21-11-5-2-4-10(8-11)13-6-3-7-16(13)15(18)12-9-14(12)17(19)20/h2,4-5,8,12-14H,3,6-7,9H2,1H3. The van der Waals surface area contributed by atoms with Crippen LogP contribution >= 0.6 is 0 Å². The lowest BCUT2D eigenvalue weighted by Crippen LogP contribution is -2.33. The number of ether oxygens (including phenoxy) is 1. The van der Waals surface area contributed by atoms with Gasteiger partial charge in [0.15, 0.2) is 0 Å². The molecule has 0 bridgehead atoms. The van der Waals surface area contributed by atoms with Gasteiger partial charge >= 0.3 is 0 Å². The van der Waals surface area contributed by atoms with Crippen molar-refractivity contribution < 1.29 is 14.5 Å². The smallest absolute Gasteiger partial charge is 0.233 e. The monoisotopic (exact) mass is 290 g/mol. The summed E-state index contributed by atoms with van der Waals surface area (Å²) in [5, 5.41) is 10.7. The molecule has 0 spiro atoms. The van der Waals surface area contributed by atoms with Gasteiger partial charge in [-0.3, -0.25) is 14.9 Å². The van der Waals surface area contributed by atoms with Gasteiger partial charge in [0, 0.05) is 17.9 Å². The topological polar surface area (TPSA) is 72.7 Å². The summed E-state index contributed by atoms with van der Waals surface area (Å²) in [6.07, 6.45) is 2.21. The number of benzene rings is 1. The summed E-state index contributed by atoms with van der Waals surface area (Å²) in [6.45, 7) is 0.682. The third-order valence-corrected chi connectivity index (χ3v) is 4.36. The molecule has 0 aromatic heterocycles. The second kappa shape index (κ2) is 5.35. The fourth-order valence-electron chi connectivity index (χ4n) is 3.12. The van der Waals surface area contributed by atoms with E-state index in [2.05, 4.69) is 0 Å². The van der Waals surface area contributed by atoms with E-state index in [9.17, 15) is 14.9 Å². The molecule has 112 valence electrons. The lowest BCUT2D eigenvalue weighted by atomic mass is 10.0. The normalized spacial score (nSPS) is 27.5. The van der Waals surface area contributed by atoms with Crippen LogP contribution in [0.25, 0.3) is 0 Å². The second-order valence-corrected chi connectivity index (χ2v) is 5.66. The largest absolute Gasteiger partial charge is 0.497 e. The number of carbonyl (C=O) groups is 1. The van der Waals surface area contributed by atoms with E-state index in [1.165, 1.54) is 0 Å². The minimum atomic E-state index is -0.677. The Labute approximate surface area is 122 Å². The van der Waals surface area contributed by atoms with Crippen LogP contribution in [0.5, 0.6) is 5.75 Å². The Balaban J connectivity index is 1.76. The number of nitrogens with zero attached hydrogens (tertiary/aromatic N) is 2. The van der Waals surface area contributed by atoms with Gasteiger partial charge < -0.3 is 9.64 Å². The molecule has 1 aromatic rings. The van der Waals surface area contributed by atoms with Gasteiger partial charge in [0.2, 0.25) is 11.9 Å². The van der Waals surface area contributed by atoms with E-state index in [4.69, 9.17) is 4.74 Å². The highest BCUT2D eigenvalue weighted by atomic mass is 16.6. The molecule has 1 amide bonds. The lowest BCUT2D eigenvalue weighted by molar-refractivity contribution is -0.497. The fourth-order valence-corrected chi connectivity index (χ4v) is 3.12. The first-order valence-corrected chi connectivity index (χ1v) is 7.19. The number of carbonyl (C=O) groups excluding carboxylic acids is 1. The molecule has 2 fully saturated rings. The van der Waals surface area contributed by atoms with Crippen molar-refractivity contribution in [2.24, 2.45) is 5.92 Å². The Bertz CT molecular complexity index is 575. The van der Waals surface area contributed by atoms with E-state index < -0.39 is 12.0 Å². The molecule has 3 unspecified atom stereocenters. The van der Waals surface area contributed by atoms with Gasteiger partial charge in [0.25, 0.3) is 0 Å². The molecule has 1 aliphatic carbocycles. The van der Waals surface area contributed by atoms with Crippen LogP contribution in [-0.2, 0) is 4.79 Å².